The third kappa shape index (κ3) is 1.99. The molecule has 2 heterocycles. The van der Waals surface area contributed by atoms with E-state index in [0.29, 0.717) is 16.7 Å². The summed E-state index contributed by atoms with van der Waals surface area (Å²) >= 11 is 0. The van der Waals surface area contributed by atoms with E-state index in [1.165, 1.54) is 4.57 Å². The zero-order chi connectivity index (χ0) is 16.0. The highest BCUT2D eigenvalue weighted by molar-refractivity contribution is 5.95. The van der Waals surface area contributed by atoms with Crippen LogP contribution in [-0.2, 0) is 0 Å². The summed E-state index contributed by atoms with van der Waals surface area (Å²) in [7, 11) is 1.59. The lowest BCUT2D eigenvalue weighted by atomic mass is 10.1. The van der Waals surface area contributed by atoms with Gasteiger partial charge in [0.25, 0.3) is 11.5 Å². The number of nitrogens with one attached hydrogen (secondary N) is 1. The lowest BCUT2D eigenvalue weighted by molar-refractivity contribution is 0.0956. The fraction of sp³-hybridized carbons (Fsp3) is 0.118. The van der Waals surface area contributed by atoms with Crippen molar-refractivity contribution < 1.29 is 9.53 Å². The van der Waals surface area contributed by atoms with Crippen molar-refractivity contribution in [1.82, 2.24) is 14.9 Å². The number of carbonyl (C=O) groups excluding carboxylic acids is 1. The first-order valence-corrected chi connectivity index (χ1v) is 7.15. The number of methoxy groups -OCH3 is 1. The lowest BCUT2D eigenvalue weighted by Gasteiger charge is -2.14. The van der Waals surface area contributed by atoms with Gasteiger partial charge in [0.05, 0.1) is 18.0 Å². The van der Waals surface area contributed by atoms with Crippen LogP contribution >= 0.6 is 0 Å². The number of para-hydroxylation sites is 1. The van der Waals surface area contributed by atoms with Crippen molar-refractivity contribution >= 4 is 16.8 Å². The van der Waals surface area contributed by atoms with Crippen LogP contribution in [0.2, 0.25) is 0 Å². The Morgan fingerprint density at radius 2 is 1.83 bits per heavy atom. The Morgan fingerprint density at radius 3 is 2.57 bits per heavy atom. The number of ether oxygens (including phenoxy) is 1. The Labute approximate surface area is 131 Å². The third-order valence-corrected chi connectivity index (χ3v) is 3.97. The Balaban J connectivity index is 1.93. The molecule has 1 atom stereocenters. The van der Waals surface area contributed by atoms with Crippen LogP contribution in [0.25, 0.3) is 10.9 Å². The van der Waals surface area contributed by atoms with Crippen molar-refractivity contribution in [2.24, 2.45) is 0 Å². The van der Waals surface area contributed by atoms with Crippen molar-refractivity contribution in [2.75, 3.05) is 7.11 Å². The Morgan fingerprint density at radius 1 is 1.09 bits per heavy atom. The van der Waals surface area contributed by atoms with E-state index in [4.69, 9.17) is 4.74 Å². The summed E-state index contributed by atoms with van der Waals surface area (Å²) in [6, 6.07) is 14.2. The molecule has 114 valence electrons. The van der Waals surface area contributed by atoms with E-state index in [1.54, 1.807) is 43.5 Å². The van der Waals surface area contributed by atoms with Crippen LogP contribution in [-0.4, -0.2) is 22.6 Å². The smallest absolute Gasteiger partial charge is 0.289 e. The summed E-state index contributed by atoms with van der Waals surface area (Å²) in [4.78, 5) is 29.3. The van der Waals surface area contributed by atoms with Gasteiger partial charge in [0.1, 0.15) is 11.9 Å². The van der Waals surface area contributed by atoms with Gasteiger partial charge in [0.15, 0.2) is 0 Å². The van der Waals surface area contributed by atoms with Crippen molar-refractivity contribution in [3.8, 4) is 5.75 Å². The van der Waals surface area contributed by atoms with Gasteiger partial charge in [0, 0.05) is 0 Å². The van der Waals surface area contributed by atoms with E-state index in [1.807, 2.05) is 12.1 Å². The summed E-state index contributed by atoms with van der Waals surface area (Å²) in [6.07, 6.45) is -0.562. The van der Waals surface area contributed by atoms with Gasteiger partial charge in [-0.05, 0) is 29.8 Å². The average Bonchev–Trinajstić information content (AvgIpc) is 2.92. The molecule has 0 bridgehead atoms. The second-order valence-corrected chi connectivity index (χ2v) is 5.28. The molecule has 1 N–H and O–H groups in total. The normalized spacial score (nSPS) is 16.2. The zero-order valence-corrected chi connectivity index (χ0v) is 12.3. The maximum atomic E-state index is 12.8. The molecule has 6 nitrogen and oxygen atoms in total. The zero-order valence-electron chi connectivity index (χ0n) is 12.3. The molecule has 3 aromatic rings. The van der Waals surface area contributed by atoms with Crippen molar-refractivity contribution in [1.29, 1.82) is 0 Å². The van der Waals surface area contributed by atoms with Crippen LogP contribution < -0.4 is 15.6 Å². The highest BCUT2D eigenvalue weighted by Crippen LogP contribution is 2.24. The summed E-state index contributed by atoms with van der Waals surface area (Å²) in [5.41, 5.74) is 1.08. The van der Waals surface area contributed by atoms with Gasteiger partial charge in [-0.2, -0.15) is 0 Å². The van der Waals surface area contributed by atoms with E-state index in [9.17, 15) is 9.59 Å². The van der Waals surface area contributed by atoms with Crippen molar-refractivity contribution in [3.05, 3.63) is 70.3 Å². The number of hydrogen-bond donors (Lipinski definition) is 1. The molecule has 23 heavy (non-hydrogen) atoms. The van der Waals surface area contributed by atoms with Gasteiger partial charge in [-0.1, -0.05) is 24.3 Å². The van der Waals surface area contributed by atoms with Crippen molar-refractivity contribution in [2.45, 2.75) is 6.17 Å². The number of benzene rings is 2. The maximum Gasteiger partial charge on any atom is 0.289 e. The molecule has 0 saturated carbocycles. The van der Waals surface area contributed by atoms with E-state index < -0.39 is 6.17 Å². The number of carbonyl (C=O) groups is 1. The molecular formula is C17H13N3O3. The predicted molar refractivity (Wildman–Crippen MR) is 84.6 cm³/mol. The minimum absolute atomic E-state index is 0.134. The first kappa shape index (κ1) is 13.5. The topological polar surface area (TPSA) is 73.2 Å². The molecule has 1 aliphatic rings. The molecular weight excluding hydrogens is 294 g/mol. The standard InChI is InChI=1S/C17H13N3O3/c1-23-11-8-6-10(7-9-11)14-19-16(21)15-18-13-5-3-2-4-12(13)17(22)20(14)15/h2-9,14H,1H3,(H,19,21)/t14-/m1/s1. The molecule has 0 aliphatic carbocycles. The largest absolute Gasteiger partial charge is 0.497 e. The van der Waals surface area contributed by atoms with Crippen LogP contribution in [0.1, 0.15) is 22.3 Å². The second-order valence-electron chi connectivity index (χ2n) is 5.28. The highest BCUT2D eigenvalue weighted by atomic mass is 16.5. The minimum Gasteiger partial charge on any atom is -0.497 e. The van der Waals surface area contributed by atoms with Crippen LogP contribution in [0.15, 0.2) is 53.3 Å². The van der Waals surface area contributed by atoms with Gasteiger partial charge in [-0.25, -0.2) is 4.98 Å². The fourth-order valence-electron chi connectivity index (χ4n) is 2.82. The minimum atomic E-state index is -0.562. The molecule has 0 radical (unpaired) electrons. The quantitative estimate of drug-likeness (QED) is 0.782. The number of rotatable bonds is 2. The molecule has 1 amide bonds. The number of amides is 1. The Kier molecular flexibility index (Phi) is 2.90. The monoisotopic (exact) mass is 307 g/mol. The first-order valence-electron chi connectivity index (χ1n) is 7.15. The number of fused-ring (bicyclic) bond motifs is 2. The van der Waals surface area contributed by atoms with Crippen LogP contribution in [0.3, 0.4) is 0 Å². The second kappa shape index (κ2) is 4.95. The molecule has 6 heteroatoms. The van der Waals surface area contributed by atoms with E-state index in [2.05, 4.69) is 10.3 Å². The van der Waals surface area contributed by atoms with E-state index in [-0.39, 0.29) is 17.3 Å². The molecule has 4 rings (SSSR count). The van der Waals surface area contributed by atoms with Gasteiger partial charge in [-0.15, -0.1) is 0 Å². The Hall–Kier alpha value is -3.15. The molecule has 0 spiro atoms. The highest BCUT2D eigenvalue weighted by Gasteiger charge is 2.32. The van der Waals surface area contributed by atoms with Crippen LogP contribution in [0, 0.1) is 0 Å². The first-order chi connectivity index (χ1) is 11.2. The van der Waals surface area contributed by atoms with Gasteiger partial charge < -0.3 is 10.1 Å². The average molecular weight is 307 g/mol. The number of nitrogens with zero attached hydrogens (tertiary/aromatic N) is 2. The van der Waals surface area contributed by atoms with E-state index >= 15 is 0 Å². The predicted octanol–water partition coefficient (Wildman–Crippen LogP) is 1.70. The van der Waals surface area contributed by atoms with Crippen LogP contribution in [0.5, 0.6) is 5.75 Å². The van der Waals surface area contributed by atoms with E-state index in [0.717, 1.165) is 5.56 Å². The Bertz CT molecular complexity index is 977. The summed E-state index contributed by atoms with van der Waals surface area (Å²) in [6.45, 7) is 0. The summed E-state index contributed by atoms with van der Waals surface area (Å²) in [5.74, 6) is 0.491. The molecule has 0 fully saturated rings. The summed E-state index contributed by atoms with van der Waals surface area (Å²) in [5, 5.41) is 3.30. The van der Waals surface area contributed by atoms with Gasteiger partial charge >= 0.3 is 0 Å². The fourth-order valence-corrected chi connectivity index (χ4v) is 2.82. The lowest BCUT2D eigenvalue weighted by Crippen LogP contribution is -2.28. The number of hydrogen-bond acceptors (Lipinski definition) is 4. The maximum absolute atomic E-state index is 12.8. The third-order valence-electron chi connectivity index (χ3n) is 3.97. The van der Waals surface area contributed by atoms with Gasteiger partial charge in [0.2, 0.25) is 5.82 Å². The molecule has 1 aliphatic heterocycles. The molecule has 0 saturated heterocycles. The van der Waals surface area contributed by atoms with Crippen molar-refractivity contribution in [3.63, 3.8) is 0 Å². The number of aromatic nitrogens is 2. The SMILES string of the molecule is COc1ccc([C@@H]2NC(=O)c3nc4ccccc4c(=O)n32)cc1. The molecule has 0 unspecified atom stereocenters. The van der Waals surface area contributed by atoms with Gasteiger partial charge in [-0.3, -0.25) is 14.2 Å². The summed E-state index contributed by atoms with van der Waals surface area (Å²) < 4.78 is 6.54. The van der Waals surface area contributed by atoms with Crippen LogP contribution in [0.4, 0.5) is 0 Å². The molecule has 1 aromatic heterocycles. The molecule has 2 aromatic carbocycles.